The van der Waals surface area contributed by atoms with E-state index in [0.717, 1.165) is 42.3 Å². The van der Waals surface area contributed by atoms with E-state index in [2.05, 4.69) is 33.4 Å². The standard InChI is InChI=1S/C21H22BrF3N2O2/c1-2-3-4-7-12-29-19-11-10-16(22)13-15(19)14-26-27-20(28)17-8-5-6-9-18(17)21(23,24)25/h5-6,8-11,13-14H,2-4,7,12H2,1H3,(H,27,28). The van der Waals surface area contributed by atoms with Crippen molar-refractivity contribution in [3.8, 4) is 5.75 Å². The minimum Gasteiger partial charge on any atom is -0.493 e. The van der Waals surface area contributed by atoms with E-state index in [0.29, 0.717) is 17.9 Å². The number of alkyl halides is 3. The van der Waals surface area contributed by atoms with Gasteiger partial charge in [0.2, 0.25) is 0 Å². The second-order valence-electron chi connectivity index (χ2n) is 6.33. The Kier molecular flexibility index (Phi) is 8.70. The lowest BCUT2D eigenvalue weighted by atomic mass is 10.1. The molecule has 0 aliphatic carbocycles. The summed E-state index contributed by atoms with van der Waals surface area (Å²) < 4.78 is 45.7. The van der Waals surface area contributed by atoms with Crippen molar-refractivity contribution in [1.82, 2.24) is 5.43 Å². The highest BCUT2D eigenvalue weighted by Gasteiger charge is 2.34. The molecule has 0 aliphatic rings. The van der Waals surface area contributed by atoms with Crippen LogP contribution >= 0.6 is 15.9 Å². The van der Waals surface area contributed by atoms with Crippen molar-refractivity contribution in [1.29, 1.82) is 0 Å². The molecule has 29 heavy (non-hydrogen) atoms. The fourth-order valence-corrected chi connectivity index (χ4v) is 2.99. The van der Waals surface area contributed by atoms with Crippen molar-refractivity contribution in [3.05, 3.63) is 63.6 Å². The molecule has 8 heteroatoms. The minimum atomic E-state index is -4.62. The quantitative estimate of drug-likeness (QED) is 0.269. The molecule has 0 aliphatic heterocycles. The first-order valence-corrected chi connectivity index (χ1v) is 10.0. The zero-order chi connectivity index (χ0) is 21.3. The van der Waals surface area contributed by atoms with Crippen LogP contribution in [0.4, 0.5) is 13.2 Å². The molecule has 0 saturated heterocycles. The topological polar surface area (TPSA) is 50.7 Å². The molecule has 2 aromatic carbocycles. The van der Waals surface area contributed by atoms with Gasteiger partial charge >= 0.3 is 6.18 Å². The monoisotopic (exact) mass is 470 g/mol. The van der Waals surface area contributed by atoms with Gasteiger partial charge in [0.05, 0.1) is 23.9 Å². The molecule has 2 aromatic rings. The fraction of sp³-hybridized carbons (Fsp3) is 0.333. The van der Waals surface area contributed by atoms with E-state index in [-0.39, 0.29) is 0 Å². The van der Waals surface area contributed by atoms with E-state index >= 15 is 0 Å². The molecular formula is C21H22BrF3N2O2. The Morgan fingerprint density at radius 2 is 1.93 bits per heavy atom. The van der Waals surface area contributed by atoms with Gasteiger partial charge in [0.1, 0.15) is 5.75 Å². The summed E-state index contributed by atoms with van der Waals surface area (Å²) in [5.74, 6) is -0.357. The highest BCUT2D eigenvalue weighted by Crippen LogP contribution is 2.31. The van der Waals surface area contributed by atoms with Gasteiger partial charge in [0.15, 0.2) is 0 Å². The first kappa shape index (κ1) is 22.9. The molecule has 2 rings (SSSR count). The molecule has 1 amide bonds. The van der Waals surface area contributed by atoms with E-state index in [9.17, 15) is 18.0 Å². The van der Waals surface area contributed by atoms with Crippen LogP contribution in [0.15, 0.2) is 52.0 Å². The average Bonchev–Trinajstić information content (AvgIpc) is 2.68. The van der Waals surface area contributed by atoms with Gasteiger partial charge in [-0.05, 0) is 36.8 Å². The summed E-state index contributed by atoms with van der Waals surface area (Å²) in [4.78, 5) is 12.2. The number of nitrogens with zero attached hydrogens (tertiary/aromatic N) is 1. The van der Waals surface area contributed by atoms with Crippen molar-refractivity contribution in [3.63, 3.8) is 0 Å². The zero-order valence-corrected chi connectivity index (χ0v) is 17.5. The molecule has 0 bridgehead atoms. The molecule has 0 aromatic heterocycles. The highest BCUT2D eigenvalue weighted by atomic mass is 79.9. The number of nitrogens with one attached hydrogen (secondary N) is 1. The summed E-state index contributed by atoms with van der Waals surface area (Å²) in [6, 6.07) is 9.90. The van der Waals surface area contributed by atoms with Gasteiger partial charge in [-0.25, -0.2) is 5.43 Å². The van der Waals surface area contributed by atoms with Gasteiger partial charge in [-0.1, -0.05) is 54.2 Å². The second-order valence-corrected chi connectivity index (χ2v) is 7.25. The third kappa shape index (κ3) is 7.20. The number of hydrogen-bond acceptors (Lipinski definition) is 3. The molecule has 0 spiro atoms. The van der Waals surface area contributed by atoms with E-state index < -0.39 is 23.2 Å². The lowest BCUT2D eigenvalue weighted by Gasteiger charge is -2.11. The molecule has 0 atom stereocenters. The molecule has 156 valence electrons. The SMILES string of the molecule is CCCCCCOc1ccc(Br)cc1C=NNC(=O)c1ccccc1C(F)(F)F. The lowest BCUT2D eigenvalue weighted by molar-refractivity contribution is -0.137. The van der Waals surface area contributed by atoms with Crippen LogP contribution in [0, 0.1) is 0 Å². The van der Waals surface area contributed by atoms with E-state index in [1.54, 1.807) is 12.1 Å². The first-order valence-electron chi connectivity index (χ1n) is 9.25. The van der Waals surface area contributed by atoms with Crippen LogP contribution in [-0.2, 0) is 6.18 Å². The maximum atomic E-state index is 13.0. The van der Waals surface area contributed by atoms with Crippen LogP contribution in [-0.4, -0.2) is 18.7 Å². The summed E-state index contributed by atoms with van der Waals surface area (Å²) in [6.07, 6.45) is 0.994. The number of halogens is 4. The predicted octanol–water partition coefficient (Wildman–Crippen LogP) is 6.19. The third-order valence-electron chi connectivity index (χ3n) is 4.07. The highest BCUT2D eigenvalue weighted by molar-refractivity contribution is 9.10. The molecule has 0 heterocycles. The van der Waals surface area contributed by atoms with Crippen molar-refractivity contribution >= 4 is 28.1 Å². The fourth-order valence-electron chi connectivity index (χ4n) is 2.61. The van der Waals surface area contributed by atoms with Gasteiger partial charge in [-0.15, -0.1) is 0 Å². The van der Waals surface area contributed by atoms with Gasteiger partial charge < -0.3 is 4.74 Å². The van der Waals surface area contributed by atoms with Crippen LogP contribution < -0.4 is 10.2 Å². The van der Waals surface area contributed by atoms with Gasteiger partial charge in [0.25, 0.3) is 5.91 Å². The molecule has 0 saturated carbocycles. The van der Waals surface area contributed by atoms with E-state index in [1.807, 2.05) is 6.07 Å². The summed E-state index contributed by atoms with van der Waals surface area (Å²) >= 11 is 3.36. The van der Waals surface area contributed by atoms with Crippen LogP contribution in [0.25, 0.3) is 0 Å². The predicted molar refractivity (Wildman–Crippen MR) is 110 cm³/mol. The molecule has 0 fully saturated rings. The molecule has 4 nitrogen and oxygen atoms in total. The number of carbonyl (C=O) groups excluding carboxylic acids is 1. The van der Waals surface area contributed by atoms with Crippen molar-refractivity contribution in [2.75, 3.05) is 6.61 Å². The zero-order valence-electron chi connectivity index (χ0n) is 15.9. The van der Waals surface area contributed by atoms with E-state index in [4.69, 9.17) is 4.74 Å². The minimum absolute atomic E-state index is 0.487. The number of amides is 1. The summed E-state index contributed by atoms with van der Waals surface area (Å²) in [5.41, 5.74) is 1.25. The summed E-state index contributed by atoms with van der Waals surface area (Å²) in [5, 5.41) is 3.81. The molecule has 0 radical (unpaired) electrons. The maximum Gasteiger partial charge on any atom is 0.417 e. The lowest BCUT2D eigenvalue weighted by Crippen LogP contribution is -2.22. The Morgan fingerprint density at radius 3 is 2.66 bits per heavy atom. The number of hydrazone groups is 1. The number of hydrogen-bond donors (Lipinski definition) is 1. The van der Waals surface area contributed by atoms with Crippen molar-refractivity contribution in [2.24, 2.45) is 5.10 Å². The number of ether oxygens (including phenoxy) is 1. The Bertz CT molecular complexity index is 854. The van der Waals surface area contributed by atoms with Crippen molar-refractivity contribution in [2.45, 2.75) is 38.8 Å². The van der Waals surface area contributed by atoms with Crippen LogP contribution in [0.5, 0.6) is 5.75 Å². The Morgan fingerprint density at radius 1 is 1.17 bits per heavy atom. The molecule has 0 unspecified atom stereocenters. The number of benzene rings is 2. The molecule has 1 N–H and O–H groups in total. The summed E-state index contributed by atoms with van der Waals surface area (Å²) in [7, 11) is 0. The maximum absolute atomic E-state index is 13.0. The second kappa shape index (κ2) is 11.0. The largest absolute Gasteiger partial charge is 0.493 e. The third-order valence-corrected chi connectivity index (χ3v) is 4.57. The van der Waals surface area contributed by atoms with Crippen LogP contribution in [0.1, 0.15) is 54.1 Å². The summed E-state index contributed by atoms with van der Waals surface area (Å²) in [6.45, 7) is 2.68. The first-order chi connectivity index (χ1) is 13.8. The Hall–Kier alpha value is -2.35. The van der Waals surface area contributed by atoms with E-state index in [1.165, 1.54) is 18.3 Å². The number of carbonyl (C=O) groups is 1. The average molecular weight is 471 g/mol. The van der Waals surface area contributed by atoms with Crippen LogP contribution in [0.3, 0.4) is 0 Å². The van der Waals surface area contributed by atoms with Gasteiger partial charge in [0, 0.05) is 10.0 Å². The van der Waals surface area contributed by atoms with Crippen molar-refractivity contribution < 1.29 is 22.7 Å². The smallest absolute Gasteiger partial charge is 0.417 e. The molecular weight excluding hydrogens is 449 g/mol. The normalized spacial score (nSPS) is 11.6. The van der Waals surface area contributed by atoms with Crippen LogP contribution in [0.2, 0.25) is 0 Å². The van der Waals surface area contributed by atoms with Gasteiger partial charge in [-0.2, -0.15) is 18.3 Å². The Balaban J connectivity index is 2.07. The number of rotatable bonds is 9. The Labute approximate surface area is 176 Å². The van der Waals surface area contributed by atoms with Gasteiger partial charge in [-0.3, -0.25) is 4.79 Å². The number of unbranched alkanes of at least 4 members (excludes halogenated alkanes) is 3.